The molecule has 0 aliphatic heterocycles. The zero-order valence-electron chi connectivity index (χ0n) is 12.1. The topological polar surface area (TPSA) is 42.2 Å². The van der Waals surface area contributed by atoms with Crippen molar-refractivity contribution in [2.75, 3.05) is 7.05 Å². The SMILES string of the molecule is CC(c1ccccc1F)N(C)Cc1cccnc1C(N)=S. The van der Waals surface area contributed by atoms with Gasteiger partial charge in [-0.25, -0.2) is 4.39 Å². The average molecular weight is 303 g/mol. The fourth-order valence-corrected chi connectivity index (χ4v) is 2.43. The number of halogens is 1. The van der Waals surface area contributed by atoms with E-state index in [2.05, 4.69) is 4.98 Å². The van der Waals surface area contributed by atoms with Gasteiger partial charge in [-0.05, 0) is 31.7 Å². The van der Waals surface area contributed by atoms with Crippen molar-refractivity contribution in [3.63, 3.8) is 0 Å². The summed E-state index contributed by atoms with van der Waals surface area (Å²) in [7, 11) is 1.94. The van der Waals surface area contributed by atoms with E-state index >= 15 is 0 Å². The van der Waals surface area contributed by atoms with Crippen molar-refractivity contribution in [3.05, 3.63) is 65.2 Å². The minimum atomic E-state index is -0.197. The first kappa shape index (κ1) is 15.5. The summed E-state index contributed by atoms with van der Waals surface area (Å²) in [5, 5.41) is 0. The van der Waals surface area contributed by atoms with Crippen LogP contribution in [0.3, 0.4) is 0 Å². The largest absolute Gasteiger partial charge is 0.388 e. The molecule has 0 fully saturated rings. The Morgan fingerprint density at radius 2 is 2.05 bits per heavy atom. The van der Waals surface area contributed by atoms with Crippen molar-refractivity contribution in [1.82, 2.24) is 9.88 Å². The van der Waals surface area contributed by atoms with E-state index < -0.39 is 0 Å². The maximum atomic E-state index is 13.9. The molecule has 0 bridgehead atoms. The molecular weight excluding hydrogens is 285 g/mol. The molecule has 2 aromatic rings. The average Bonchev–Trinajstić information content (AvgIpc) is 2.47. The van der Waals surface area contributed by atoms with Crippen molar-refractivity contribution < 1.29 is 4.39 Å². The van der Waals surface area contributed by atoms with Gasteiger partial charge in [0.05, 0.1) is 0 Å². The van der Waals surface area contributed by atoms with Crippen LogP contribution in [0.4, 0.5) is 4.39 Å². The summed E-state index contributed by atoms with van der Waals surface area (Å²) in [6, 6.07) is 10.5. The second-order valence-corrected chi connectivity index (χ2v) is 5.43. The Balaban J connectivity index is 2.20. The molecule has 1 atom stereocenters. The lowest BCUT2D eigenvalue weighted by molar-refractivity contribution is 0.247. The first-order chi connectivity index (χ1) is 10.0. The Labute approximate surface area is 129 Å². The number of hydrogen-bond donors (Lipinski definition) is 1. The molecule has 0 aliphatic rings. The smallest absolute Gasteiger partial charge is 0.127 e. The zero-order valence-corrected chi connectivity index (χ0v) is 12.9. The van der Waals surface area contributed by atoms with E-state index in [9.17, 15) is 4.39 Å². The standard InChI is InChI=1S/C16H18FN3S/c1-11(13-7-3-4-8-14(13)17)20(2)10-12-6-5-9-19-15(12)16(18)21/h3-9,11H,10H2,1-2H3,(H2,18,21). The van der Waals surface area contributed by atoms with Crippen LogP contribution in [0.2, 0.25) is 0 Å². The lowest BCUT2D eigenvalue weighted by Gasteiger charge is -2.26. The van der Waals surface area contributed by atoms with Gasteiger partial charge in [0.15, 0.2) is 0 Å². The molecule has 0 saturated heterocycles. The summed E-state index contributed by atoms with van der Waals surface area (Å²) in [5.74, 6) is -0.197. The van der Waals surface area contributed by atoms with E-state index in [-0.39, 0.29) is 16.8 Å². The first-order valence-corrected chi connectivity index (χ1v) is 7.10. The van der Waals surface area contributed by atoms with Gasteiger partial charge >= 0.3 is 0 Å². The summed E-state index contributed by atoms with van der Waals surface area (Å²) in [5.41, 5.74) is 7.92. The number of benzene rings is 1. The van der Waals surface area contributed by atoms with Crippen molar-refractivity contribution in [3.8, 4) is 0 Å². The Kier molecular flexibility index (Phi) is 4.98. The Bertz CT molecular complexity index is 645. The fraction of sp³-hybridized carbons (Fsp3) is 0.250. The van der Waals surface area contributed by atoms with Gasteiger partial charge in [0, 0.05) is 24.3 Å². The molecule has 0 spiro atoms. The van der Waals surface area contributed by atoms with Crippen LogP contribution in [0.25, 0.3) is 0 Å². The summed E-state index contributed by atoms with van der Waals surface area (Å²) in [4.78, 5) is 6.53. The van der Waals surface area contributed by atoms with Gasteiger partial charge in [0.2, 0.25) is 0 Å². The minimum absolute atomic E-state index is 0.0643. The molecule has 0 saturated carbocycles. The van der Waals surface area contributed by atoms with Crippen molar-refractivity contribution in [1.29, 1.82) is 0 Å². The highest BCUT2D eigenvalue weighted by Gasteiger charge is 2.17. The van der Waals surface area contributed by atoms with E-state index in [0.717, 1.165) is 5.56 Å². The third-order valence-corrected chi connectivity index (χ3v) is 3.75. The Hall–Kier alpha value is -1.85. The van der Waals surface area contributed by atoms with Crippen molar-refractivity contribution >= 4 is 17.2 Å². The minimum Gasteiger partial charge on any atom is -0.388 e. The Morgan fingerprint density at radius 3 is 2.71 bits per heavy atom. The number of pyridine rings is 1. The maximum absolute atomic E-state index is 13.9. The van der Waals surface area contributed by atoms with Gasteiger partial charge in [-0.1, -0.05) is 36.5 Å². The van der Waals surface area contributed by atoms with Crippen LogP contribution in [-0.2, 0) is 6.54 Å². The molecule has 3 nitrogen and oxygen atoms in total. The summed E-state index contributed by atoms with van der Waals surface area (Å²) in [6.07, 6.45) is 1.66. The fourth-order valence-electron chi connectivity index (χ4n) is 2.25. The molecule has 1 unspecified atom stereocenters. The zero-order chi connectivity index (χ0) is 15.4. The van der Waals surface area contributed by atoms with Crippen LogP contribution in [0.1, 0.15) is 29.8 Å². The number of thiocarbonyl (C=S) groups is 1. The third-order valence-electron chi connectivity index (χ3n) is 3.56. The number of nitrogens with zero attached hydrogens (tertiary/aromatic N) is 2. The predicted octanol–water partition coefficient (Wildman–Crippen LogP) is 3.05. The van der Waals surface area contributed by atoms with Gasteiger partial charge < -0.3 is 5.73 Å². The lowest BCUT2D eigenvalue weighted by Crippen LogP contribution is -2.25. The van der Waals surface area contributed by atoms with E-state index in [1.807, 2.05) is 37.1 Å². The quantitative estimate of drug-likeness (QED) is 0.862. The monoisotopic (exact) mass is 303 g/mol. The highest BCUT2D eigenvalue weighted by molar-refractivity contribution is 7.80. The van der Waals surface area contributed by atoms with E-state index in [4.69, 9.17) is 18.0 Å². The van der Waals surface area contributed by atoms with Crippen LogP contribution in [0.5, 0.6) is 0 Å². The van der Waals surface area contributed by atoms with Crippen LogP contribution >= 0.6 is 12.2 Å². The van der Waals surface area contributed by atoms with Crippen molar-refractivity contribution in [2.45, 2.75) is 19.5 Å². The maximum Gasteiger partial charge on any atom is 0.127 e. The number of nitrogens with two attached hydrogens (primary N) is 1. The second kappa shape index (κ2) is 6.74. The molecule has 0 amide bonds. The first-order valence-electron chi connectivity index (χ1n) is 6.69. The van der Waals surface area contributed by atoms with Crippen LogP contribution < -0.4 is 5.73 Å². The van der Waals surface area contributed by atoms with E-state index in [1.165, 1.54) is 6.07 Å². The molecule has 1 aromatic carbocycles. The lowest BCUT2D eigenvalue weighted by atomic mass is 10.1. The summed E-state index contributed by atoms with van der Waals surface area (Å²) < 4.78 is 13.9. The van der Waals surface area contributed by atoms with Crippen molar-refractivity contribution in [2.24, 2.45) is 5.73 Å². The molecule has 2 N–H and O–H groups in total. The van der Waals surface area contributed by atoms with Crippen LogP contribution in [0.15, 0.2) is 42.6 Å². The summed E-state index contributed by atoms with van der Waals surface area (Å²) in [6.45, 7) is 2.56. The van der Waals surface area contributed by atoms with Gasteiger partial charge in [0.1, 0.15) is 16.5 Å². The molecule has 1 aromatic heterocycles. The normalized spacial score (nSPS) is 12.4. The van der Waals surface area contributed by atoms with Gasteiger partial charge in [-0.2, -0.15) is 0 Å². The van der Waals surface area contributed by atoms with E-state index in [1.54, 1.807) is 18.3 Å². The molecule has 0 radical (unpaired) electrons. The third kappa shape index (κ3) is 3.62. The van der Waals surface area contributed by atoms with Gasteiger partial charge in [0.25, 0.3) is 0 Å². The molecule has 2 rings (SSSR count). The molecule has 21 heavy (non-hydrogen) atoms. The van der Waals surface area contributed by atoms with Gasteiger partial charge in [-0.3, -0.25) is 9.88 Å². The molecule has 110 valence electrons. The molecule has 0 aliphatic carbocycles. The molecular formula is C16H18FN3S. The highest BCUT2D eigenvalue weighted by atomic mass is 32.1. The van der Waals surface area contributed by atoms with Crippen LogP contribution in [0, 0.1) is 5.82 Å². The summed E-state index contributed by atoms with van der Waals surface area (Å²) >= 11 is 5.02. The predicted molar refractivity (Wildman–Crippen MR) is 86.4 cm³/mol. The number of rotatable bonds is 5. The Morgan fingerprint density at radius 1 is 1.33 bits per heavy atom. The highest BCUT2D eigenvalue weighted by Crippen LogP contribution is 2.23. The van der Waals surface area contributed by atoms with Gasteiger partial charge in [-0.15, -0.1) is 0 Å². The molecule has 5 heteroatoms. The molecule has 1 heterocycles. The van der Waals surface area contributed by atoms with Crippen LogP contribution in [-0.4, -0.2) is 21.9 Å². The number of aromatic nitrogens is 1. The van der Waals surface area contributed by atoms with E-state index in [0.29, 0.717) is 17.8 Å². The second-order valence-electron chi connectivity index (χ2n) is 4.99. The number of hydrogen-bond acceptors (Lipinski definition) is 3.